The highest BCUT2D eigenvalue weighted by molar-refractivity contribution is 6.02. The highest BCUT2D eigenvalue weighted by Crippen LogP contribution is 2.44. The first kappa shape index (κ1) is 18.0. The summed E-state index contributed by atoms with van der Waals surface area (Å²) < 4.78 is 20.6. The van der Waals surface area contributed by atoms with Crippen LogP contribution in [0.4, 0.5) is 15.8 Å². The molecule has 146 valence electrons. The number of hydrogen-bond donors (Lipinski definition) is 2. The molecule has 2 N–H and O–H groups in total. The molecule has 2 saturated heterocycles. The lowest BCUT2D eigenvalue weighted by atomic mass is 10.0. The van der Waals surface area contributed by atoms with Crippen LogP contribution in [0.5, 0.6) is 5.75 Å². The van der Waals surface area contributed by atoms with Crippen LogP contribution in [-0.2, 0) is 9.59 Å². The molecule has 0 aliphatic carbocycles. The van der Waals surface area contributed by atoms with Crippen molar-refractivity contribution in [3.05, 3.63) is 17.9 Å². The lowest BCUT2D eigenvalue weighted by Crippen LogP contribution is -2.54. The maximum absolute atomic E-state index is 14.8. The molecule has 4 rings (SSSR count). The van der Waals surface area contributed by atoms with Crippen molar-refractivity contribution < 1.29 is 18.7 Å². The number of nitrogens with zero attached hydrogens (tertiary/aromatic N) is 2. The lowest BCUT2D eigenvalue weighted by molar-refractivity contribution is -0.134. The van der Waals surface area contributed by atoms with Crippen molar-refractivity contribution in [1.82, 2.24) is 10.6 Å². The van der Waals surface area contributed by atoms with E-state index in [0.717, 1.165) is 31.6 Å². The molecular weight excluding hydrogens is 351 g/mol. The zero-order valence-electron chi connectivity index (χ0n) is 15.5. The SMILES string of the molecule is CNC1CCN(c2c(F)ccc3c2OCCN3C2CCC(=O)NC2=O)CC1. The number of nitrogens with one attached hydrogen (secondary N) is 2. The van der Waals surface area contributed by atoms with E-state index in [-0.39, 0.29) is 17.6 Å². The first-order valence-corrected chi connectivity index (χ1v) is 9.56. The third-order valence-corrected chi connectivity index (χ3v) is 5.76. The summed E-state index contributed by atoms with van der Waals surface area (Å²) in [6, 6.07) is 3.15. The van der Waals surface area contributed by atoms with Crippen molar-refractivity contribution in [2.75, 3.05) is 43.1 Å². The minimum Gasteiger partial charge on any atom is -0.487 e. The number of piperidine rings is 2. The molecule has 1 aromatic carbocycles. The zero-order valence-corrected chi connectivity index (χ0v) is 15.5. The molecule has 1 atom stereocenters. The van der Waals surface area contributed by atoms with Crippen molar-refractivity contribution in [2.24, 2.45) is 0 Å². The van der Waals surface area contributed by atoms with Gasteiger partial charge in [-0.3, -0.25) is 14.9 Å². The van der Waals surface area contributed by atoms with Gasteiger partial charge in [0.1, 0.15) is 24.2 Å². The van der Waals surface area contributed by atoms with Crippen LogP contribution in [-0.4, -0.2) is 57.2 Å². The molecule has 0 bridgehead atoms. The van der Waals surface area contributed by atoms with Crippen molar-refractivity contribution in [3.8, 4) is 5.75 Å². The van der Waals surface area contributed by atoms with Gasteiger partial charge in [0.25, 0.3) is 0 Å². The number of hydrogen-bond acceptors (Lipinski definition) is 6. The molecule has 7 nitrogen and oxygen atoms in total. The van der Waals surface area contributed by atoms with Crippen LogP contribution in [0.1, 0.15) is 25.7 Å². The summed E-state index contributed by atoms with van der Waals surface area (Å²) in [7, 11) is 1.95. The van der Waals surface area contributed by atoms with E-state index < -0.39 is 6.04 Å². The number of halogens is 1. The molecule has 1 unspecified atom stereocenters. The molecule has 3 aliphatic heterocycles. The van der Waals surface area contributed by atoms with Gasteiger partial charge >= 0.3 is 0 Å². The Morgan fingerprint density at radius 3 is 2.67 bits per heavy atom. The van der Waals surface area contributed by atoms with Gasteiger partial charge in [0.2, 0.25) is 11.8 Å². The monoisotopic (exact) mass is 376 g/mol. The van der Waals surface area contributed by atoms with Crippen LogP contribution in [0, 0.1) is 5.82 Å². The van der Waals surface area contributed by atoms with E-state index in [1.54, 1.807) is 6.07 Å². The predicted molar refractivity (Wildman–Crippen MR) is 99.7 cm³/mol. The van der Waals surface area contributed by atoms with Gasteiger partial charge in [0, 0.05) is 25.6 Å². The van der Waals surface area contributed by atoms with Crippen molar-refractivity contribution in [2.45, 2.75) is 37.8 Å². The van der Waals surface area contributed by atoms with Crippen LogP contribution < -0.4 is 25.2 Å². The fraction of sp³-hybridized carbons (Fsp3) is 0.579. The van der Waals surface area contributed by atoms with E-state index in [4.69, 9.17) is 4.74 Å². The number of rotatable bonds is 3. The average Bonchev–Trinajstić information content (AvgIpc) is 2.68. The zero-order chi connectivity index (χ0) is 19.0. The summed E-state index contributed by atoms with van der Waals surface area (Å²) >= 11 is 0. The van der Waals surface area contributed by atoms with Crippen LogP contribution in [0.25, 0.3) is 0 Å². The second-order valence-electron chi connectivity index (χ2n) is 7.30. The Labute approximate surface area is 157 Å². The summed E-state index contributed by atoms with van der Waals surface area (Å²) in [5.41, 5.74) is 1.21. The topological polar surface area (TPSA) is 73.9 Å². The number of ether oxygens (including phenoxy) is 1. The van der Waals surface area contributed by atoms with Crippen molar-refractivity contribution in [1.29, 1.82) is 0 Å². The van der Waals surface area contributed by atoms with Gasteiger partial charge in [-0.15, -0.1) is 0 Å². The molecule has 8 heteroatoms. The molecule has 2 amide bonds. The number of benzene rings is 1. The van der Waals surface area contributed by atoms with Gasteiger partial charge in [0.05, 0.1) is 12.2 Å². The van der Waals surface area contributed by atoms with Gasteiger partial charge in [-0.2, -0.15) is 0 Å². The Kier molecular flexibility index (Phi) is 4.90. The van der Waals surface area contributed by atoms with Crippen LogP contribution >= 0.6 is 0 Å². The summed E-state index contributed by atoms with van der Waals surface area (Å²) in [5.74, 6) is -0.326. The largest absolute Gasteiger partial charge is 0.487 e. The lowest BCUT2D eigenvalue weighted by Gasteiger charge is -2.41. The van der Waals surface area contributed by atoms with E-state index in [9.17, 15) is 14.0 Å². The summed E-state index contributed by atoms with van der Waals surface area (Å²) in [5, 5.41) is 5.69. The fourth-order valence-corrected chi connectivity index (χ4v) is 4.26. The maximum Gasteiger partial charge on any atom is 0.249 e. The Balaban J connectivity index is 1.64. The van der Waals surface area contributed by atoms with Crippen LogP contribution in [0.3, 0.4) is 0 Å². The first-order valence-electron chi connectivity index (χ1n) is 9.56. The minimum absolute atomic E-state index is 0.239. The summed E-state index contributed by atoms with van der Waals surface area (Å²) in [6.07, 6.45) is 2.66. The van der Waals surface area contributed by atoms with Gasteiger partial charge in [-0.25, -0.2) is 4.39 Å². The highest BCUT2D eigenvalue weighted by atomic mass is 19.1. The number of carbonyl (C=O) groups excluding carboxylic acids is 2. The molecular formula is C19H25FN4O3. The normalized spacial score (nSPS) is 23.7. The standard InChI is InChI=1S/C19H25FN4O3/c1-21-12-6-8-23(9-7-12)17-13(20)2-3-14-18(17)27-11-10-24(14)15-4-5-16(25)22-19(15)26/h2-3,12,15,21H,4-11H2,1H3,(H,22,25,26). The number of carbonyl (C=O) groups is 2. The molecule has 0 spiro atoms. The van der Waals surface area contributed by atoms with Crippen molar-refractivity contribution >= 4 is 23.2 Å². The quantitative estimate of drug-likeness (QED) is 0.768. The summed E-state index contributed by atoms with van der Waals surface area (Å²) in [4.78, 5) is 27.8. The predicted octanol–water partition coefficient (Wildman–Crippen LogP) is 1.02. The highest BCUT2D eigenvalue weighted by Gasteiger charge is 2.36. The minimum atomic E-state index is -0.432. The van der Waals surface area contributed by atoms with Gasteiger partial charge in [-0.05, 0) is 38.4 Å². The molecule has 27 heavy (non-hydrogen) atoms. The third-order valence-electron chi connectivity index (χ3n) is 5.76. The Bertz CT molecular complexity index is 749. The fourth-order valence-electron chi connectivity index (χ4n) is 4.26. The number of anilines is 2. The molecule has 2 fully saturated rings. The Morgan fingerprint density at radius 1 is 1.19 bits per heavy atom. The van der Waals surface area contributed by atoms with E-state index in [1.165, 1.54) is 6.07 Å². The van der Waals surface area contributed by atoms with Gasteiger partial charge < -0.3 is 19.9 Å². The summed E-state index contributed by atoms with van der Waals surface area (Å²) in [6.45, 7) is 2.42. The van der Waals surface area contributed by atoms with Crippen LogP contribution in [0.15, 0.2) is 12.1 Å². The molecule has 0 aromatic heterocycles. The smallest absolute Gasteiger partial charge is 0.249 e. The third kappa shape index (κ3) is 3.34. The molecule has 0 radical (unpaired) electrons. The van der Waals surface area contributed by atoms with Crippen LogP contribution in [0.2, 0.25) is 0 Å². The second kappa shape index (κ2) is 7.34. The molecule has 1 aromatic rings. The number of imide groups is 1. The molecule has 0 saturated carbocycles. The van der Waals surface area contributed by atoms with Gasteiger partial charge in [-0.1, -0.05) is 0 Å². The van der Waals surface area contributed by atoms with E-state index in [0.29, 0.717) is 43.5 Å². The number of amides is 2. The first-order chi connectivity index (χ1) is 13.1. The van der Waals surface area contributed by atoms with Crippen molar-refractivity contribution in [3.63, 3.8) is 0 Å². The average molecular weight is 376 g/mol. The van der Waals surface area contributed by atoms with E-state index in [2.05, 4.69) is 10.6 Å². The second-order valence-corrected chi connectivity index (χ2v) is 7.30. The maximum atomic E-state index is 14.8. The molecule has 3 heterocycles. The Morgan fingerprint density at radius 2 is 1.96 bits per heavy atom. The Hall–Kier alpha value is -2.35. The van der Waals surface area contributed by atoms with Gasteiger partial charge in [0.15, 0.2) is 5.75 Å². The van der Waals surface area contributed by atoms with E-state index >= 15 is 0 Å². The van der Waals surface area contributed by atoms with E-state index in [1.807, 2.05) is 16.8 Å². The molecule has 3 aliphatic rings. The number of fused-ring (bicyclic) bond motifs is 1.